The minimum absolute atomic E-state index is 0.338. The summed E-state index contributed by atoms with van der Waals surface area (Å²) in [5, 5.41) is 5.43. The van der Waals surface area contributed by atoms with Crippen LogP contribution in [0.1, 0.15) is 4.88 Å². The summed E-state index contributed by atoms with van der Waals surface area (Å²) in [5.74, 6) is 5.38. The zero-order valence-electron chi connectivity index (χ0n) is 7.20. The standard InChI is InChI=1S/C7H11BrN4S/c1-12(7(9)11-10)3-6-2-5(8)4-13-6/h2,4H,3,10H2,1H3,(H2,9,11). The maximum atomic E-state index is 5.51. The van der Waals surface area contributed by atoms with E-state index in [1.54, 1.807) is 16.2 Å². The number of nitrogens with zero attached hydrogens (tertiary/aromatic N) is 2. The van der Waals surface area contributed by atoms with Crippen molar-refractivity contribution in [2.24, 2.45) is 16.7 Å². The van der Waals surface area contributed by atoms with Crippen LogP contribution in [0.15, 0.2) is 21.0 Å². The minimum Gasteiger partial charge on any atom is -0.368 e. The highest BCUT2D eigenvalue weighted by Gasteiger charge is 2.04. The molecule has 0 aliphatic carbocycles. The average Bonchev–Trinajstić information content (AvgIpc) is 2.49. The molecule has 0 amide bonds. The molecule has 0 saturated carbocycles. The summed E-state index contributed by atoms with van der Waals surface area (Å²) in [7, 11) is 1.85. The molecule has 1 rings (SSSR count). The summed E-state index contributed by atoms with van der Waals surface area (Å²) in [6.07, 6.45) is 0. The fourth-order valence-corrected chi connectivity index (χ4v) is 2.35. The Morgan fingerprint density at radius 3 is 2.92 bits per heavy atom. The fraction of sp³-hybridized carbons (Fsp3) is 0.286. The van der Waals surface area contributed by atoms with Gasteiger partial charge in [0, 0.05) is 21.8 Å². The van der Waals surface area contributed by atoms with Crippen LogP contribution in [-0.4, -0.2) is 17.9 Å². The number of thiophene rings is 1. The van der Waals surface area contributed by atoms with Crippen molar-refractivity contribution in [3.63, 3.8) is 0 Å². The van der Waals surface area contributed by atoms with E-state index in [9.17, 15) is 0 Å². The van der Waals surface area contributed by atoms with Crippen LogP contribution in [0.3, 0.4) is 0 Å². The smallest absolute Gasteiger partial charge is 0.213 e. The topological polar surface area (TPSA) is 67.6 Å². The van der Waals surface area contributed by atoms with Gasteiger partial charge in [-0.2, -0.15) is 0 Å². The first-order valence-corrected chi connectivity index (χ1v) is 5.28. The molecule has 0 bridgehead atoms. The van der Waals surface area contributed by atoms with E-state index in [1.165, 1.54) is 4.88 Å². The van der Waals surface area contributed by atoms with E-state index in [-0.39, 0.29) is 0 Å². The van der Waals surface area contributed by atoms with Gasteiger partial charge in [0.1, 0.15) is 0 Å². The molecule has 0 aromatic carbocycles. The van der Waals surface area contributed by atoms with Crippen molar-refractivity contribution in [2.45, 2.75) is 6.54 Å². The third-order valence-corrected chi connectivity index (χ3v) is 3.22. The lowest BCUT2D eigenvalue weighted by Gasteiger charge is -2.15. The molecule has 6 heteroatoms. The molecule has 72 valence electrons. The van der Waals surface area contributed by atoms with Gasteiger partial charge >= 0.3 is 0 Å². The zero-order chi connectivity index (χ0) is 9.84. The van der Waals surface area contributed by atoms with E-state index in [4.69, 9.17) is 11.6 Å². The summed E-state index contributed by atoms with van der Waals surface area (Å²) in [4.78, 5) is 3.00. The number of halogens is 1. The summed E-state index contributed by atoms with van der Waals surface area (Å²) < 4.78 is 1.09. The van der Waals surface area contributed by atoms with Gasteiger partial charge in [-0.1, -0.05) is 0 Å². The van der Waals surface area contributed by atoms with Gasteiger partial charge in [-0.15, -0.1) is 16.4 Å². The molecule has 0 atom stereocenters. The van der Waals surface area contributed by atoms with Crippen molar-refractivity contribution in [3.8, 4) is 0 Å². The minimum atomic E-state index is 0.338. The van der Waals surface area contributed by atoms with Crippen molar-refractivity contribution in [1.82, 2.24) is 4.90 Å². The molecular weight excluding hydrogens is 252 g/mol. The van der Waals surface area contributed by atoms with Gasteiger partial charge in [-0.05, 0) is 22.0 Å². The van der Waals surface area contributed by atoms with Crippen LogP contribution in [0.5, 0.6) is 0 Å². The number of hydrogen-bond acceptors (Lipinski definition) is 3. The largest absolute Gasteiger partial charge is 0.368 e. The molecule has 4 nitrogen and oxygen atoms in total. The Kier molecular flexibility index (Phi) is 3.56. The van der Waals surface area contributed by atoms with E-state index in [1.807, 2.05) is 18.5 Å². The van der Waals surface area contributed by atoms with Gasteiger partial charge in [0.05, 0.1) is 6.54 Å². The summed E-state index contributed by atoms with van der Waals surface area (Å²) >= 11 is 5.05. The molecule has 0 radical (unpaired) electrons. The van der Waals surface area contributed by atoms with Gasteiger partial charge in [0.15, 0.2) is 0 Å². The molecule has 1 heterocycles. The highest BCUT2D eigenvalue weighted by atomic mass is 79.9. The molecule has 0 saturated heterocycles. The normalized spacial score (nSPS) is 11.7. The van der Waals surface area contributed by atoms with E-state index >= 15 is 0 Å². The summed E-state index contributed by atoms with van der Waals surface area (Å²) in [5.41, 5.74) is 5.51. The fourth-order valence-electron chi connectivity index (χ4n) is 0.850. The number of guanidine groups is 1. The Balaban J connectivity index is 2.59. The van der Waals surface area contributed by atoms with E-state index in [0.29, 0.717) is 5.96 Å². The zero-order valence-corrected chi connectivity index (χ0v) is 9.60. The Labute approximate surface area is 89.3 Å². The van der Waals surface area contributed by atoms with Gasteiger partial charge in [0.25, 0.3) is 0 Å². The number of hydrogen-bond donors (Lipinski definition) is 2. The lowest BCUT2D eigenvalue weighted by Crippen LogP contribution is -2.34. The van der Waals surface area contributed by atoms with Crippen molar-refractivity contribution in [3.05, 3.63) is 20.8 Å². The SMILES string of the molecule is CN(Cc1cc(Br)cs1)C(N)=NN. The highest BCUT2D eigenvalue weighted by molar-refractivity contribution is 9.10. The molecule has 0 unspecified atom stereocenters. The molecule has 0 aliphatic heterocycles. The average molecular weight is 263 g/mol. The highest BCUT2D eigenvalue weighted by Crippen LogP contribution is 2.20. The summed E-state index contributed by atoms with van der Waals surface area (Å²) in [6, 6.07) is 2.05. The van der Waals surface area contributed by atoms with E-state index < -0.39 is 0 Å². The molecule has 0 spiro atoms. The molecule has 1 aromatic heterocycles. The van der Waals surface area contributed by atoms with Crippen molar-refractivity contribution < 1.29 is 0 Å². The van der Waals surface area contributed by atoms with Crippen LogP contribution in [0.4, 0.5) is 0 Å². The van der Waals surface area contributed by atoms with E-state index in [2.05, 4.69) is 21.0 Å². The lowest BCUT2D eigenvalue weighted by atomic mass is 10.4. The molecule has 0 aliphatic rings. The van der Waals surface area contributed by atoms with Crippen LogP contribution in [-0.2, 0) is 6.54 Å². The van der Waals surface area contributed by atoms with Crippen LogP contribution in [0.2, 0.25) is 0 Å². The second kappa shape index (κ2) is 4.48. The van der Waals surface area contributed by atoms with Gasteiger partial charge in [0.2, 0.25) is 5.96 Å². The molecule has 4 N–H and O–H groups in total. The van der Waals surface area contributed by atoms with Crippen molar-refractivity contribution >= 4 is 33.2 Å². The summed E-state index contributed by atoms with van der Waals surface area (Å²) in [6.45, 7) is 0.725. The predicted molar refractivity (Wildman–Crippen MR) is 59.3 cm³/mol. The second-order valence-corrected chi connectivity index (χ2v) is 4.49. The number of hydrazone groups is 1. The van der Waals surface area contributed by atoms with Crippen molar-refractivity contribution in [1.29, 1.82) is 0 Å². The molecule has 13 heavy (non-hydrogen) atoms. The first-order chi connectivity index (χ1) is 6.13. The maximum Gasteiger partial charge on any atom is 0.213 e. The Morgan fingerprint density at radius 2 is 2.46 bits per heavy atom. The first-order valence-electron chi connectivity index (χ1n) is 3.61. The molecular formula is C7H11BrN4S. The molecule has 1 aromatic rings. The second-order valence-electron chi connectivity index (χ2n) is 2.57. The molecule has 0 fully saturated rings. The lowest BCUT2D eigenvalue weighted by molar-refractivity contribution is 0.497. The van der Waals surface area contributed by atoms with Gasteiger partial charge < -0.3 is 16.5 Å². The Bertz CT molecular complexity index is 309. The monoisotopic (exact) mass is 262 g/mol. The van der Waals surface area contributed by atoms with Crippen molar-refractivity contribution in [2.75, 3.05) is 7.05 Å². The predicted octanol–water partition coefficient (Wildman–Crippen LogP) is 1.13. The van der Waals surface area contributed by atoms with Crippen LogP contribution in [0, 0.1) is 0 Å². The quantitative estimate of drug-likeness (QED) is 0.364. The number of rotatable bonds is 2. The van der Waals surface area contributed by atoms with Crippen LogP contribution >= 0.6 is 27.3 Å². The van der Waals surface area contributed by atoms with Gasteiger partial charge in [-0.25, -0.2) is 0 Å². The first kappa shape index (κ1) is 10.3. The third kappa shape index (κ3) is 2.89. The van der Waals surface area contributed by atoms with E-state index in [0.717, 1.165) is 11.0 Å². The van der Waals surface area contributed by atoms with Crippen LogP contribution in [0.25, 0.3) is 0 Å². The Hall–Kier alpha value is -0.750. The maximum absolute atomic E-state index is 5.51. The van der Waals surface area contributed by atoms with Crippen LogP contribution < -0.4 is 11.6 Å². The number of nitrogens with two attached hydrogens (primary N) is 2. The third-order valence-electron chi connectivity index (χ3n) is 1.54. The van der Waals surface area contributed by atoms with Gasteiger partial charge in [-0.3, -0.25) is 0 Å². The Morgan fingerprint density at radius 1 is 1.77 bits per heavy atom.